The first-order valence-electron chi connectivity index (χ1n) is 7.37. The first-order valence-corrected chi connectivity index (χ1v) is 7.37. The van der Waals surface area contributed by atoms with E-state index in [1.54, 1.807) is 7.11 Å². The summed E-state index contributed by atoms with van der Waals surface area (Å²) < 4.78 is 5.09. The Labute approximate surface area is 115 Å². The van der Waals surface area contributed by atoms with Crippen molar-refractivity contribution in [2.24, 2.45) is 5.92 Å². The van der Waals surface area contributed by atoms with Crippen LogP contribution in [0, 0.1) is 5.92 Å². The fourth-order valence-electron chi connectivity index (χ4n) is 3.53. The molecule has 0 aromatic carbocycles. The minimum atomic E-state index is 0.589. The lowest BCUT2D eigenvalue weighted by Gasteiger charge is -2.27. The van der Waals surface area contributed by atoms with Gasteiger partial charge in [0.25, 0.3) is 0 Å². The molecule has 0 spiro atoms. The van der Waals surface area contributed by atoms with E-state index in [0.717, 1.165) is 11.6 Å². The highest BCUT2D eigenvalue weighted by Gasteiger charge is 2.34. The van der Waals surface area contributed by atoms with E-state index in [9.17, 15) is 0 Å². The minimum absolute atomic E-state index is 0.589. The van der Waals surface area contributed by atoms with Crippen molar-refractivity contribution in [1.82, 2.24) is 10.3 Å². The van der Waals surface area contributed by atoms with Crippen molar-refractivity contribution < 1.29 is 4.74 Å². The molecular weight excluding hydrogens is 238 g/mol. The number of pyridine rings is 1. The summed E-state index contributed by atoms with van der Waals surface area (Å²) in [5, 5.41) is 7.32. The van der Waals surface area contributed by atoms with Crippen molar-refractivity contribution >= 4 is 5.69 Å². The molecule has 3 rings (SSSR count). The molecule has 104 valence electrons. The first kappa shape index (κ1) is 12.7. The largest absolute Gasteiger partial charge is 0.481 e. The van der Waals surface area contributed by atoms with Crippen LogP contribution >= 0.6 is 0 Å². The van der Waals surface area contributed by atoms with Gasteiger partial charge >= 0.3 is 0 Å². The van der Waals surface area contributed by atoms with Crippen molar-refractivity contribution in [3.05, 3.63) is 18.3 Å². The zero-order chi connectivity index (χ0) is 13.1. The second kappa shape index (κ2) is 5.78. The Morgan fingerprint density at radius 2 is 2.21 bits per heavy atom. The van der Waals surface area contributed by atoms with Gasteiger partial charge in [-0.2, -0.15) is 0 Å². The summed E-state index contributed by atoms with van der Waals surface area (Å²) in [4.78, 5) is 4.26. The van der Waals surface area contributed by atoms with E-state index in [4.69, 9.17) is 4.74 Å². The van der Waals surface area contributed by atoms with E-state index >= 15 is 0 Å². The lowest BCUT2D eigenvalue weighted by molar-refractivity contribution is 0.375. The smallest absolute Gasteiger partial charge is 0.213 e. The summed E-state index contributed by atoms with van der Waals surface area (Å²) in [5.41, 5.74) is 1.11. The average molecular weight is 261 g/mol. The number of aromatic nitrogens is 1. The van der Waals surface area contributed by atoms with Crippen LogP contribution in [0.3, 0.4) is 0 Å². The predicted octanol–water partition coefficient (Wildman–Crippen LogP) is 2.42. The van der Waals surface area contributed by atoms with Gasteiger partial charge in [0, 0.05) is 18.2 Å². The van der Waals surface area contributed by atoms with E-state index in [-0.39, 0.29) is 0 Å². The molecule has 1 saturated heterocycles. The topological polar surface area (TPSA) is 46.2 Å². The van der Waals surface area contributed by atoms with Gasteiger partial charge in [-0.1, -0.05) is 6.42 Å². The van der Waals surface area contributed by atoms with Crippen LogP contribution in [-0.2, 0) is 0 Å². The van der Waals surface area contributed by atoms with Crippen molar-refractivity contribution in [3.63, 3.8) is 0 Å². The molecule has 1 aliphatic heterocycles. The number of nitrogens with zero attached hydrogens (tertiary/aromatic N) is 1. The zero-order valence-corrected chi connectivity index (χ0v) is 11.6. The van der Waals surface area contributed by atoms with Crippen molar-refractivity contribution in [2.75, 3.05) is 19.0 Å². The molecule has 2 fully saturated rings. The molecule has 3 atom stereocenters. The molecule has 1 aromatic heterocycles. The monoisotopic (exact) mass is 261 g/mol. The molecule has 2 heterocycles. The number of ether oxygens (including phenoxy) is 1. The highest BCUT2D eigenvalue weighted by atomic mass is 16.5. The second-order valence-corrected chi connectivity index (χ2v) is 5.64. The van der Waals surface area contributed by atoms with Gasteiger partial charge in [-0.15, -0.1) is 0 Å². The Hall–Kier alpha value is -1.29. The van der Waals surface area contributed by atoms with Crippen LogP contribution in [0.25, 0.3) is 0 Å². The fraction of sp³-hybridized carbons (Fsp3) is 0.667. The zero-order valence-electron chi connectivity index (χ0n) is 11.6. The Morgan fingerprint density at radius 3 is 2.89 bits per heavy atom. The predicted molar refractivity (Wildman–Crippen MR) is 76.6 cm³/mol. The molecule has 0 radical (unpaired) electrons. The van der Waals surface area contributed by atoms with Gasteiger partial charge in [0.2, 0.25) is 5.88 Å². The van der Waals surface area contributed by atoms with Crippen LogP contribution in [-0.4, -0.2) is 30.7 Å². The summed E-state index contributed by atoms with van der Waals surface area (Å²) in [7, 11) is 1.65. The number of methoxy groups -OCH3 is 1. The minimum Gasteiger partial charge on any atom is -0.481 e. The van der Waals surface area contributed by atoms with Crippen LogP contribution in [0.2, 0.25) is 0 Å². The highest BCUT2D eigenvalue weighted by molar-refractivity contribution is 5.43. The van der Waals surface area contributed by atoms with Crippen LogP contribution in [0.15, 0.2) is 18.3 Å². The molecule has 0 amide bonds. The van der Waals surface area contributed by atoms with Crippen molar-refractivity contribution in [1.29, 1.82) is 0 Å². The average Bonchev–Trinajstić information content (AvgIpc) is 3.10. The number of rotatable bonds is 4. The van der Waals surface area contributed by atoms with E-state index in [1.807, 2.05) is 12.3 Å². The van der Waals surface area contributed by atoms with E-state index in [0.29, 0.717) is 18.0 Å². The fourth-order valence-corrected chi connectivity index (χ4v) is 3.53. The van der Waals surface area contributed by atoms with Crippen molar-refractivity contribution in [3.8, 4) is 5.88 Å². The summed E-state index contributed by atoms with van der Waals surface area (Å²) in [6.45, 7) is 1.19. The molecule has 2 aliphatic rings. The SMILES string of the molecule is COc1ccc(NC2CCCC2C2CCCN2)cn1. The van der Waals surface area contributed by atoms with Gasteiger partial charge in [-0.05, 0) is 44.2 Å². The van der Waals surface area contributed by atoms with E-state index in [2.05, 4.69) is 21.7 Å². The molecule has 1 aliphatic carbocycles. The van der Waals surface area contributed by atoms with E-state index in [1.165, 1.54) is 38.6 Å². The third-order valence-corrected chi connectivity index (χ3v) is 4.48. The molecular formula is C15H23N3O. The van der Waals surface area contributed by atoms with Crippen molar-refractivity contribution in [2.45, 2.75) is 44.2 Å². The van der Waals surface area contributed by atoms with Gasteiger partial charge in [0.05, 0.1) is 19.0 Å². The quantitative estimate of drug-likeness (QED) is 0.874. The first-order chi connectivity index (χ1) is 9.36. The molecule has 4 nitrogen and oxygen atoms in total. The molecule has 1 saturated carbocycles. The maximum Gasteiger partial charge on any atom is 0.213 e. The number of anilines is 1. The Balaban J connectivity index is 1.63. The van der Waals surface area contributed by atoms with Gasteiger partial charge in [-0.25, -0.2) is 4.98 Å². The summed E-state index contributed by atoms with van der Waals surface area (Å²) in [6.07, 6.45) is 8.50. The molecule has 1 aromatic rings. The normalized spacial score (nSPS) is 30.5. The van der Waals surface area contributed by atoms with E-state index < -0.39 is 0 Å². The standard InChI is InChI=1S/C15H23N3O/c1-19-15-8-7-11(10-17-15)18-14-5-2-4-12(14)13-6-3-9-16-13/h7-8,10,12-14,16,18H,2-6,9H2,1H3. The molecule has 3 unspecified atom stereocenters. The maximum absolute atomic E-state index is 5.09. The van der Waals surface area contributed by atoms with Gasteiger partial charge < -0.3 is 15.4 Å². The Kier molecular flexibility index (Phi) is 3.87. The van der Waals surface area contributed by atoms with Crippen LogP contribution < -0.4 is 15.4 Å². The number of hydrogen-bond acceptors (Lipinski definition) is 4. The molecule has 19 heavy (non-hydrogen) atoms. The summed E-state index contributed by atoms with van der Waals surface area (Å²) >= 11 is 0. The van der Waals surface area contributed by atoms with Crippen LogP contribution in [0.5, 0.6) is 5.88 Å². The summed E-state index contributed by atoms with van der Waals surface area (Å²) in [5.74, 6) is 1.44. The van der Waals surface area contributed by atoms with Gasteiger partial charge in [0.1, 0.15) is 0 Å². The van der Waals surface area contributed by atoms with Crippen LogP contribution in [0.4, 0.5) is 5.69 Å². The highest BCUT2D eigenvalue weighted by Crippen LogP contribution is 2.33. The van der Waals surface area contributed by atoms with Gasteiger partial charge in [0.15, 0.2) is 0 Å². The number of hydrogen-bond donors (Lipinski definition) is 2. The lowest BCUT2D eigenvalue weighted by atomic mass is 9.93. The van der Waals surface area contributed by atoms with Gasteiger partial charge in [-0.3, -0.25) is 0 Å². The third kappa shape index (κ3) is 2.84. The molecule has 2 N–H and O–H groups in total. The molecule has 4 heteroatoms. The number of nitrogens with one attached hydrogen (secondary N) is 2. The molecule has 0 bridgehead atoms. The Morgan fingerprint density at radius 1 is 1.26 bits per heavy atom. The van der Waals surface area contributed by atoms with Crippen LogP contribution in [0.1, 0.15) is 32.1 Å². The second-order valence-electron chi connectivity index (χ2n) is 5.64. The summed E-state index contributed by atoms with van der Waals surface area (Å²) in [6, 6.07) is 5.28. The lowest BCUT2D eigenvalue weighted by Crippen LogP contribution is -2.38. The maximum atomic E-state index is 5.09. The third-order valence-electron chi connectivity index (χ3n) is 4.48. The Bertz CT molecular complexity index is 400.